The SMILES string of the molecule is O=C(O)CSC1CC(=O)CC1=O. The van der Waals surface area contributed by atoms with Crippen molar-refractivity contribution in [2.24, 2.45) is 0 Å². The summed E-state index contributed by atoms with van der Waals surface area (Å²) in [6.07, 6.45) is 0.189. The van der Waals surface area contributed by atoms with Crippen molar-refractivity contribution in [2.45, 2.75) is 18.1 Å². The summed E-state index contributed by atoms with van der Waals surface area (Å²) in [5, 5.41) is 7.90. The standard InChI is InChI=1S/C7H8O4S/c8-4-1-5(9)6(2-4)12-3-7(10)11/h6H,1-3H2,(H,10,11). The summed E-state index contributed by atoms with van der Waals surface area (Å²) in [6.45, 7) is 0. The van der Waals surface area contributed by atoms with E-state index in [0.29, 0.717) is 0 Å². The minimum Gasteiger partial charge on any atom is -0.481 e. The quantitative estimate of drug-likeness (QED) is 0.636. The van der Waals surface area contributed by atoms with Crippen LogP contribution < -0.4 is 0 Å². The van der Waals surface area contributed by atoms with E-state index in [1.165, 1.54) is 0 Å². The molecule has 1 saturated carbocycles. The van der Waals surface area contributed by atoms with Gasteiger partial charge in [0, 0.05) is 6.42 Å². The van der Waals surface area contributed by atoms with Gasteiger partial charge in [0.25, 0.3) is 0 Å². The molecule has 5 heteroatoms. The Kier molecular flexibility index (Phi) is 2.86. The lowest BCUT2D eigenvalue weighted by atomic mass is 10.3. The van der Waals surface area contributed by atoms with Crippen molar-refractivity contribution >= 4 is 29.3 Å². The van der Waals surface area contributed by atoms with Crippen LogP contribution >= 0.6 is 11.8 Å². The molecule has 12 heavy (non-hydrogen) atoms. The Morgan fingerprint density at radius 2 is 2.25 bits per heavy atom. The predicted molar refractivity (Wildman–Crippen MR) is 43.1 cm³/mol. The highest BCUT2D eigenvalue weighted by molar-refractivity contribution is 8.01. The number of hydrogen-bond acceptors (Lipinski definition) is 4. The summed E-state index contributed by atoms with van der Waals surface area (Å²) >= 11 is 1.03. The normalized spacial score (nSPS) is 23.2. The van der Waals surface area contributed by atoms with Gasteiger partial charge in [0.2, 0.25) is 0 Å². The molecule has 1 aliphatic rings. The number of aliphatic carboxylic acids is 1. The van der Waals surface area contributed by atoms with E-state index in [9.17, 15) is 14.4 Å². The fourth-order valence-electron chi connectivity index (χ4n) is 1.02. The molecule has 0 aromatic heterocycles. The first kappa shape index (κ1) is 9.25. The summed E-state index contributed by atoms with van der Waals surface area (Å²) in [6, 6.07) is 0. The summed E-state index contributed by atoms with van der Waals surface area (Å²) in [5.41, 5.74) is 0. The van der Waals surface area contributed by atoms with Gasteiger partial charge in [-0.1, -0.05) is 0 Å². The topological polar surface area (TPSA) is 71.4 Å². The number of rotatable bonds is 3. The first-order valence-corrected chi connectivity index (χ1v) is 4.52. The summed E-state index contributed by atoms with van der Waals surface area (Å²) < 4.78 is 0. The van der Waals surface area contributed by atoms with Crippen molar-refractivity contribution < 1.29 is 19.5 Å². The zero-order valence-electron chi connectivity index (χ0n) is 6.28. The van der Waals surface area contributed by atoms with Gasteiger partial charge < -0.3 is 5.11 Å². The van der Waals surface area contributed by atoms with E-state index in [4.69, 9.17) is 5.11 Å². The van der Waals surface area contributed by atoms with Crippen LogP contribution in [-0.4, -0.2) is 33.6 Å². The molecule has 0 aromatic rings. The Labute approximate surface area is 73.3 Å². The van der Waals surface area contributed by atoms with Crippen LogP contribution in [0.4, 0.5) is 0 Å². The molecule has 4 nitrogen and oxygen atoms in total. The predicted octanol–water partition coefficient (Wildman–Crippen LogP) is 0.105. The van der Waals surface area contributed by atoms with Gasteiger partial charge in [0.1, 0.15) is 5.78 Å². The number of carbonyl (C=O) groups is 3. The maximum absolute atomic E-state index is 11.0. The summed E-state index contributed by atoms with van der Waals surface area (Å²) in [7, 11) is 0. The molecular formula is C7H8O4S. The molecule has 1 fully saturated rings. The molecule has 1 aliphatic carbocycles. The van der Waals surface area contributed by atoms with E-state index in [2.05, 4.69) is 0 Å². The molecule has 1 unspecified atom stereocenters. The van der Waals surface area contributed by atoms with Crippen LogP contribution in [0.3, 0.4) is 0 Å². The number of carboxylic acid groups (broad SMARTS) is 1. The highest BCUT2D eigenvalue weighted by Crippen LogP contribution is 2.23. The Balaban J connectivity index is 2.38. The zero-order valence-corrected chi connectivity index (χ0v) is 7.10. The Bertz CT molecular complexity index is 236. The molecule has 0 bridgehead atoms. The van der Waals surface area contributed by atoms with Crippen LogP contribution in [0.1, 0.15) is 12.8 Å². The van der Waals surface area contributed by atoms with E-state index in [0.717, 1.165) is 11.8 Å². The van der Waals surface area contributed by atoms with Crippen LogP contribution in [0, 0.1) is 0 Å². The third-order valence-electron chi connectivity index (χ3n) is 1.55. The number of thioether (sulfide) groups is 1. The maximum Gasteiger partial charge on any atom is 0.313 e. The second-order valence-corrected chi connectivity index (χ2v) is 3.77. The van der Waals surface area contributed by atoms with Crippen molar-refractivity contribution in [2.75, 3.05) is 5.75 Å². The Hall–Kier alpha value is -0.840. The van der Waals surface area contributed by atoms with Gasteiger partial charge in [-0.15, -0.1) is 11.8 Å². The fraction of sp³-hybridized carbons (Fsp3) is 0.571. The van der Waals surface area contributed by atoms with Gasteiger partial charge in [-0.25, -0.2) is 0 Å². The molecule has 0 radical (unpaired) electrons. The third kappa shape index (κ3) is 2.34. The van der Waals surface area contributed by atoms with Crippen LogP contribution in [0.5, 0.6) is 0 Å². The average Bonchev–Trinajstić information content (AvgIpc) is 2.26. The van der Waals surface area contributed by atoms with E-state index in [1.54, 1.807) is 0 Å². The molecule has 0 spiro atoms. The van der Waals surface area contributed by atoms with Gasteiger partial charge >= 0.3 is 5.97 Å². The van der Waals surface area contributed by atoms with Gasteiger partial charge in [-0.05, 0) is 0 Å². The van der Waals surface area contributed by atoms with E-state index < -0.39 is 11.2 Å². The lowest BCUT2D eigenvalue weighted by Gasteiger charge is -2.02. The molecule has 1 rings (SSSR count). The molecular weight excluding hydrogens is 180 g/mol. The van der Waals surface area contributed by atoms with Crippen molar-refractivity contribution in [1.82, 2.24) is 0 Å². The first-order chi connectivity index (χ1) is 5.59. The van der Waals surface area contributed by atoms with Crippen molar-refractivity contribution in [3.63, 3.8) is 0 Å². The van der Waals surface area contributed by atoms with E-state index in [1.807, 2.05) is 0 Å². The monoisotopic (exact) mass is 188 g/mol. The van der Waals surface area contributed by atoms with Crippen LogP contribution in [0.15, 0.2) is 0 Å². The number of carboxylic acids is 1. The lowest BCUT2D eigenvalue weighted by Crippen LogP contribution is -2.11. The van der Waals surface area contributed by atoms with Crippen molar-refractivity contribution in [1.29, 1.82) is 0 Å². The number of hydrogen-bond donors (Lipinski definition) is 1. The van der Waals surface area contributed by atoms with Gasteiger partial charge in [-0.2, -0.15) is 0 Å². The molecule has 0 amide bonds. The molecule has 0 aromatic carbocycles. The maximum atomic E-state index is 11.0. The molecule has 0 saturated heterocycles. The second-order valence-electron chi connectivity index (χ2n) is 2.58. The largest absolute Gasteiger partial charge is 0.481 e. The van der Waals surface area contributed by atoms with Crippen LogP contribution in [-0.2, 0) is 14.4 Å². The Morgan fingerprint density at radius 3 is 2.67 bits per heavy atom. The molecule has 1 atom stereocenters. The van der Waals surface area contributed by atoms with E-state index >= 15 is 0 Å². The van der Waals surface area contributed by atoms with Crippen molar-refractivity contribution in [3.05, 3.63) is 0 Å². The third-order valence-corrected chi connectivity index (χ3v) is 2.80. The highest BCUT2D eigenvalue weighted by atomic mass is 32.2. The second kappa shape index (κ2) is 3.71. The van der Waals surface area contributed by atoms with Gasteiger partial charge in [0.15, 0.2) is 5.78 Å². The summed E-state index contributed by atoms with van der Waals surface area (Å²) in [4.78, 5) is 31.8. The molecule has 0 heterocycles. The van der Waals surface area contributed by atoms with Crippen LogP contribution in [0.25, 0.3) is 0 Å². The molecule has 1 N–H and O–H groups in total. The van der Waals surface area contributed by atoms with Crippen LogP contribution in [0.2, 0.25) is 0 Å². The van der Waals surface area contributed by atoms with Gasteiger partial charge in [-0.3, -0.25) is 14.4 Å². The average molecular weight is 188 g/mol. The summed E-state index contributed by atoms with van der Waals surface area (Å²) in [5.74, 6) is -1.27. The lowest BCUT2D eigenvalue weighted by molar-refractivity contribution is -0.134. The smallest absolute Gasteiger partial charge is 0.313 e. The number of Topliss-reactive ketones (excluding diaryl/α,β-unsaturated/α-hetero) is 2. The van der Waals surface area contributed by atoms with Gasteiger partial charge in [0.05, 0.1) is 17.4 Å². The van der Waals surface area contributed by atoms with Crippen molar-refractivity contribution in [3.8, 4) is 0 Å². The molecule has 66 valence electrons. The Morgan fingerprint density at radius 1 is 1.58 bits per heavy atom. The number of ketones is 2. The molecule has 0 aliphatic heterocycles. The zero-order chi connectivity index (χ0) is 9.14. The number of carbonyl (C=O) groups excluding carboxylic acids is 2. The minimum absolute atomic E-state index is 0.0166. The van der Waals surface area contributed by atoms with E-state index in [-0.39, 0.29) is 30.2 Å². The first-order valence-electron chi connectivity index (χ1n) is 3.47. The minimum atomic E-state index is -0.952. The fourth-order valence-corrected chi connectivity index (χ4v) is 1.94. The highest BCUT2D eigenvalue weighted by Gasteiger charge is 2.31.